The molecule has 0 unspecified atom stereocenters. The van der Waals surface area contributed by atoms with Crippen molar-refractivity contribution in [1.82, 2.24) is 15.0 Å². The standard InChI is InChI=1S/C18H23N3O3/c1-13(2)23-12-16(22)21-10-8-15(9-11-21)18-19-17(20-24-18)14-6-4-3-5-7-14/h3-7,13,15H,8-12H2,1-2H3. The van der Waals surface area contributed by atoms with Crippen LogP contribution in [0.4, 0.5) is 0 Å². The number of nitrogens with zero attached hydrogens (tertiary/aromatic N) is 3. The molecule has 2 heterocycles. The number of hydrogen-bond acceptors (Lipinski definition) is 5. The smallest absolute Gasteiger partial charge is 0.248 e. The molecule has 0 bridgehead atoms. The van der Waals surface area contributed by atoms with Crippen LogP contribution in [0.25, 0.3) is 11.4 Å². The second-order valence-corrected chi connectivity index (χ2v) is 6.34. The van der Waals surface area contributed by atoms with Gasteiger partial charge in [-0.3, -0.25) is 4.79 Å². The Kier molecular flexibility index (Phi) is 5.25. The minimum absolute atomic E-state index is 0.0534. The minimum Gasteiger partial charge on any atom is -0.369 e. The summed E-state index contributed by atoms with van der Waals surface area (Å²) >= 11 is 0. The van der Waals surface area contributed by atoms with Gasteiger partial charge in [0.25, 0.3) is 0 Å². The largest absolute Gasteiger partial charge is 0.369 e. The molecule has 24 heavy (non-hydrogen) atoms. The van der Waals surface area contributed by atoms with E-state index < -0.39 is 0 Å². The summed E-state index contributed by atoms with van der Waals surface area (Å²) in [6.45, 7) is 5.42. The van der Waals surface area contributed by atoms with E-state index in [-0.39, 0.29) is 24.5 Å². The lowest BCUT2D eigenvalue weighted by Crippen LogP contribution is -2.40. The zero-order valence-electron chi connectivity index (χ0n) is 14.1. The molecule has 3 rings (SSSR count). The molecule has 1 aliphatic heterocycles. The summed E-state index contributed by atoms with van der Waals surface area (Å²) in [4.78, 5) is 18.5. The normalized spacial score (nSPS) is 15.9. The van der Waals surface area contributed by atoms with E-state index in [1.807, 2.05) is 49.1 Å². The lowest BCUT2D eigenvalue weighted by atomic mass is 9.97. The van der Waals surface area contributed by atoms with Crippen LogP contribution in [0.5, 0.6) is 0 Å². The Morgan fingerprint density at radius 3 is 2.67 bits per heavy atom. The zero-order chi connectivity index (χ0) is 16.9. The first-order chi connectivity index (χ1) is 11.6. The van der Waals surface area contributed by atoms with E-state index in [9.17, 15) is 4.79 Å². The van der Waals surface area contributed by atoms with E-state index in [2.05, 4.69) is 10.1 Å². The Morgan fingerprint density at radius 2 is 2.00 bits per heavy atom. The third-order valence-electron chi connectivity index (χ3n) is 4.21. The topological polar surface area (TPSA) is 68.5 Å². The molecule has 1 aromatic carbocycles. The third-order valence-corrected chi connectivity index (χ3v) is 4.21. The fourth-order valence-corrected chi connectivity index (χ4v) is 2.81. The summed E-state index contributed by atoms with van der Waals surface area (Å²) in [7, 11) is 0. The van der Waals surface area contributed by atoms with Crippen LogP contribution >= 0.6 is 0 Å². The molecule has 2 aromatic rings. The van der Waals surface area contributed by atoms with Gasteiger partial charge in [-0.05, 0) is 26.7 Å². The van der Waals surface area contributed by atoms with Crippen molar-refractivity contribution in [2.45, 2.75) is 38.7 Å². The van der Waals surface area contributed by atoms with Crippen LogP contribution in [-0.4, -0.2) is 46.7 Å². The molecule has 1 saturated heterocycles. The lowest BCUT2D eigenvalue weighted by Gasteiger charge is -2.30. The van der Waals surface area contributed by atoms with Crippen LogP contribution in [-0.2, 0) is 9.53 Å². The molecule has 1 fully saturated rings. The Bertz CT molecular complexity index is 661. The maximum Gasteiger partial charge on any atom is 0.248 e. The van der Waals surface area contributed by atoms with Crippen molar-refractivity contribution in [3.63, 3.8) is 0 Å². The van der Waals surface area contributed by atoms with Crippen LogP contribution in [0.2, 0.25) is 0 Å². The summed E-state index contributed by atoms with van der Waals surface area (Å²) in [5.41, 5.74) is 0.950. The SMILES string of the molecule is CC(C)OCC(=O)N1CCC(c2nc(-c3ccccc3)no2)CC1. The van der Waals surface area contributed by atoms with Crippen molar-refractivity contribution in [2.75, 3.05) is 19.7 Å². The Balaban J connectivity index is 1.55. The summed E-state index contributed by atoms with van der Waals surface area (Å²) in [5.74, 6) is 1.55. The van der Waals surface area contributed by atoms with Gasteiger partial charge in [0.05, 0.1) is 6.10 Å². The van der Waals surface area contributed by atoms with Crippen LogP contribution in [0.1, 0.15) is 38.5 Å². The van der Waals surface area contributed by atoms with Gasteiger partial charge in [0.15, 0.2) is 0 Å². The summed E-state index contributed by atoms with van der Waals surface area (Å²) in [6, 6.07) is 9.79. The zero-order valence-corrected chi connectivity index (χ0v) is 14.1. The molecule has 0 aliphatic carbocycles. The predicted molar refractivity (Wildman–Crippen MR) is 89.4 cm³/mol. The van der Waals surface area contributed by atoms with Crippen molar-refractivity contribution in [1.29, 1.82) is 0 Å². The summed E-state index contributed by atoms with van der Waals surface area (Å²) in [5, 5.41) is 4.08. The fourth-order valence-electron chi connectivity index (χ4n) is 2.81. The van der Waals surface area contributed by atoms with Gasteiger partial charge >= 0.3 is 0 Å². The number of benzene rings is 1. The van der Waals surface area contributed by atoms with Crippen LogP contribution in [0, 0.1) is 0 Å². The molecule has 6 nitrogen and oxygen atoms in total. The van der Waals surface area contributed by atoms with Gasteiger partial charge in [-0.25, -0.2) is 0 Å². The maximum absolute atomic E-state index is 12.1. The van der Waals surface area contributed by atoms with E-state index in [4.69, 9.17) is 9.26 Å². The maximum atomic E-state index is 12.1. The van der Waals surface area contributed by atoms with Crippen LogP contribution < -0.4 is 0 Å². The first-order valence-electron chi connectivity index (χ1n) is 8.42. The van der Waals surface area contributed by atoms with Gasteiger partial charge in [-0.15, -0.1) is 0 Å². The Labute approximate surface area is 141 Å². The molecule has 1 aliphatic rings. The number of amides is 1. The van der Waals surface area contributed by atoms with E-state index in [1.165, 1.54) is 0 Å². The number of hydrogen-bond donors (Lipinski definition) is 0. The Hall–Kier alpha value is -2.21. The van der Waals surface area contributed by atoms with Gasteiger partial charge in [0.1, 0.15) is 6.61 Å². The van der Waals surface area contributed by atoms with Gasteiger partial charge in [-0.2, -0.15) is 4.98 Å². The molecule has 0 atom stereocenters. The molecule has 1 aromatic heterocycles. The van der Waals surface area contributed by atoms with Gasteiger partial charge < -0.3 is 14.2 Å². The number of ether oxygens (including phenoxy) is 1. The van der Waals surface area contributed by atoms with Crippen LogP contribution in [0.3, 0.4) is 0 Å². The highest BCUT2D eigenvalue weighted by Crippen LogP contribution is 2.28. The number of rotatable bonds is 5. The first kappa shape index (κ1) is 16.6. The quantitative estimate of drug-likeness (QED) is 0.844. The molecule has 6 heteroatoms. The second kappa shape index (κ2) is 7.57. The second-order valence-electron chi connectivity index (χ2n) is 6.34. The monoisotopic (exact) mass is 329 g/mol. The lowest BCUT2D eigenvalue weighted by molar-refractivity contribution is -0.138. The van der Waals surface area contributed by atoms with Crippen LogP contribution in [0.15, 0.2) is 34.9 Å². The molecule has 0 spiro atoms. The van der Waals surface area contributed by atoms with Crippen molar-refractivity contribution < 1.29 is 14.1 Å². The minimum atomic E-state index is 0.0534. The molecule has 0 radical (unpaired) electrons. The van der Waals surface area contributed by atoms with Crippen molar-refractivity contribution >= 4 is 5.91 Å². The number of aromatic nitrogens is 2. The third kappa shape index (κ3) is 4.00. The van der Waals surface area contributed by atoms with E-state index in [0.717, 1.165) is 18.4 Å². The molecular formula is C18H23N3O3. The fraction of sp³-hybridized carbons (Fsp3) is 0.500. The van der Waals surface area contributed by atoms with E-state index in [1.54, 1.807) is 0 Å². The van der Waals surface area contributed by atoms with E-state index in [0.29, 0.717) is 24.8 Å². The summed E-state index contributed by atoms with van der Waals surface area (Å²) in [6.07, 6.45) is 1.74. The molecule has 0 N–H and O–H groups in total. The highest BCUT2D eigenvalue weighted by Gasteiger charge is 2.27. The van der Waals surface area contributed by atoms with Crippen molar-refractivity contribution in [3.8, 4) is 11.4 Å². The average molecular weight is 329 g/mol. The van der Waals surface area contributed by atoms with Gasteiger partial charge in [0.2, 0.25) is 17.6 Å². The summed E-state index contributed by atoms with van der Waals surface area (Å²) < 4.78 is 10.8. The van der Waals surface area contributed by atoms with Crippen molar-refractivity contribution in [3.05, 3.63) is 36.2 Å². The molecular weight excluding hydrogens is 306 g/mol. The van der Waals surface area contributed by atoms with Crippen molar-refractivity contribution in [2.24, 2.45) is 0 Å². The number of likely N-dealkylation sites (tertiary alicyclic amines) is 1. The highest BCUT2D eigenvalue weighted by molar-refractivity contribution is 5.77. The number of carbonyl (C=O) groups excluding carboxylic acids is 1. The first-order valence-corrected chi connectivity index (χ1v) is 8.42. The number of piperidine rings is 1. The highest BCUT2D eigenvalue weighted by atomic mass is 16.5. The predicted octanol–water partition coefficient (Wildman–Crippen LogP) is 2.87. The van der Waals surface area contributed by atoms with Gasteiger partial charge in [0, 0.05) is 24.6 Å². The molecule has 128 valence electrons. The van der Waals surface area contributed by atoms with E-state index >= 15 is 0 Å². The molecule has 1 amide bonds. The molecule has 0 saturated carbocycles. The Morgan fingerprint density at radius 1 is 1.29 bits per heavy atom. The van der Waals surface area contributed by atoms with Gasteiger partial charge in [-0.1, -0.05) is 35.5 Å². The number of carbonyl (C=O) groups is 1. The average Bonchev–Trinajstić information content (AvgIpc) is 3.10.